The summed E-state index contributed by atoms with van der Waals surface area (Å²) < 4.78 is 16.4. The predicted octanol–water partition coefficient (Wildman–Crippen LogP) is 4.45. The predicted molar refractivity (Wildman–Crippen MR) is 115 cm³/mol. The summed E-state index contributed by atoms with van der Waals surface area (Å²) in [5.74, 6) is 1.76. The minimum absolute atomic E-state index is 0.178. The van der Waals surface area contributed by atoms with Crippen molar-refractivity contribution in [3.8, 4) is 17.4 Å². The van der Waals surface area contributed by atoms with Crippen LogP contribution >= 0.6 is 0 Å². The van der Waals surface area contributed by atoms with Gasteiger partial charge in [0.05, 0.1) is 6.61 Å². The molecule has 1 aromatic heterocycles. The molecule has 0 aliphatic carbocycles. The van der Waals surface area contributed by atoms with Gasteiger partial charge in [0.25, 0.3) is 5.91 Å². The van der Waals surface area contributed by atoms with Crippen LogP contribution in [-0.2, 0) is 11.3 Å². The first-order valence-electron chi connectivity index (χ1n) is 9.75. The van der Waals surface area contributed by atoms with Gasteiger partial charge in [0.2, 0.25) is 5.88 Å². The van der Waals surface area contributed by atoms with E-state index >= 15 is 0 Å². The summed E-state index contributed by atoms with van der Waals surface area (Å²) in [5.41, 5.74) is 3.59. The van der Waals surface area contributed by atoms with Gasteiger partial charge in [-0.05, 0) is 54.8 Å². The summed E-state index contributed by atoms with van der Waals surface area (Å²) in [7, 11) is 1.62. The van der Waals surface area contributed by atoms with Gasteiger partial charge < -0.3 is 19.5 Å². The first-order valence-corrected chi connectivity index (χ1v) is 9.75. The fourth-order valence-corrected chi connectivity index (χ4v) is 2.76. The van der Waals surface area contributed by atoms with Crippen molar-refractivity contribution < 1.29 is 19.0 Å². The van der Waals surface area contributed by atoms with Crippen molar-refractivity contribution in [3.05, 3.63) is 83.0 Å². The molecule has 1 heterocycles. The van der Waals surface area contributed by atoms with Crippen molar-refractivity contribution in [1.82, 2.24) is 10.3 Å². The molecule has 0 radical (unpaired) electrons. The number of carbonyl (C=O) groups is 1. The Morgan fingerprint density at radius 3 is 2.67 bits per heavy atom. The van der Waals surface area contributed by atoms with Crippen LogP contribution in [0.5, 0.6) is 17.4 Å². The molecular formula is C24H26N2O4. The third kappa shape index (κ3) is 6.06. The van der Waals surface area contributed by atoms with Crippen LogP contribution in [0, 0.1) is 13.8 Å². The highest BCUT2D eigenvalue weighted by molar-refractivity contribution is 5.94. The van der Waals surface area contributed by atoms with Gasteiger partial charge in [0, 0.05) is 31.5 Å². The Morgan fingerprint density at radius 1 is 1.03 bits per heavy atom. The number of benzene rings is 2. The number of aryl methyl sites for hydroxylation is 2. The lowest BCUT2D eigenvalue weighted by atomic mass is 10.1. The van der Waals surface area contributed by atoms with Gasteiger partial charge in [0.1, 0.15) is 18.1 Å². The maximum absolute atomic E-state index is 12.4. The minimum Gasteiger partial charge on any atom is -0.491 e. The molecule has 6 nitrogen and oxygen atoms in total. The number of methoxy groups -OCH3 is 1. The Balaban J connectivity index is 1.55. The van der Waals surface area contributed by atoms with E-state index in [1.165, 1.54) is 0 Å². The lowest BCUT2D eigenvalue weighted by Gasteiger charge is -2.10. The number of hydrogen-bond donors (Lipinski definition) is 1. The molecule has 0 spiro atoms. The monoisotopic (exact) mass is 406 g/mol. The van der Waals surface area contributed by atoms with Crippen LogP contribution in [0.25, 0.3) is 0 Å². The van der Waals surface area contributed by atoms with Crippen LogP contribution in [0.2, 0.25) is 0 Å². The van der Waals surface area contributed by atoms with Gasteiger partial charge >= 0.3 is 0 Å². The number of hydrogen-bond acceptors (Lipinski definition) is 5. The molecule has 156 valence electrons. The molecule has 0 fully saturated rings. The number of pyridine rings is 1. The summed E-state index contributed by atoms with van der Waals surface area (Å²) in [6, 6.07) is 16.8. The maximum Gasteiger partial charge on any atom is 0.251 e. The zero-order valence-corrected chi connectivity index (χ0v) is 17.5. The fraction of sp³-hybridized carbons (Fsp3) is 0.250. The smallest absolute Gasteiger partial charge is 0.251 e. The second kappa shape index (κ2) is 10.4. The number of rotatable bonds is 9. The number of nitrogens with zero attached hydrogens (tertiary/aromatic N) is 1. The van der Waals surface area contributed by atoms with Gasteiger partial charge in [0.15, 0.2) is 0 Å². The van der Waals surface area contributed by atoms with Crippen molar-refractivity contribution in [2.75, 3.05) is 20.3 Å². The Hall–Kier alpha value is -3.38. The van der Waals surface area contributed by atoms with Crippen molar-refractivity contribution in [2.24, 2.45) is 0 Å². The highest BCUT2D eigenvalue weighted by Gasteiger charge is 2.08. The van der Waals surface area contributed by atoms with Gasteiger partial charge in [-0.25, -0.2) is 4.98 Å². The SMILES string of the molecule is COCCOc1cccc(C(=O)NCc2ccc(Oc3cc(C)ccc3C)nc2)c1. The minimum atomic E-state index is -0.178. The van der Waals surface area contributed by atoms with Crippen molar-refractivity contribution in [2.45, 2.75) is 20.4 Å². The molecule has 3 aromatic rings. The average Bonchev–Trinajstić information content (AvgIpc) is 2.76. The zero-order chi connectivity index (χ0) is 21.3. The molecule has 0 atom stereocenters. The van der Waals surface area contributed by atoms with E-state index in [4.69, 9.17) is 14.2 Å². The first-order chi connectivity index (χ1) is 14.5. The molecule has 0 unspecified atom stereocenters. The third-order valence-corrected chi connectivity index (χ3v) is 4.46. The number of nitrogens with one attached hydrogen (secondary N) is 1. The van der Waals surface area contributed by atoms with E-state index in [0.717, 1.165) is 22.4 Å². The molecule has 0 bridgehead atoms. The number of carbonyl (C=O) groups excluding carboxylic acids is 1. The Kier molecular flexibility index (Phi) is 7.40. The highest BCUT2D eigenvalue weighted by atomic mass is 16.5. The van der Waals surface area contributed by atoms with Gasteiger partial charge in [-0.15, -0.1) is 0 Å². The molecule has 2 aromatic carbocycles. The van der Waals surface area contributed by atoms with E-state index in [1.807, 2.05) is 44.2 Å². The lowest BCUT2D eigenvalue weighted by molar-refractivity contribution is 0.0950. The van der Waals surface area contributed by atoms with Crippen molar-refractivity contribution >= 4 is 5.91 Å². The largest absolute Gasteiger partial charge is 0.491 e. The highest BCUT2D eigenvalue weighted by Crippen LogP contribution is 2.24. The standard InChI is InChI=1S/C24H26N2O4/c1-17-7-8-18(2)22(13-17)30-23-10-9-19(15-25-23)16-26-24(27)20-5-4-6-21(14-20)29-12-11-28-3/h4-10,13-15H,11-12,16H2,1-3H3,(H,26,27). The first kappa shape index (κ1) is 21.3. The third-order valence-electron chi connectivity index (χ3n) is 4.46. The fourth-order valence-electron chi connectivity index (χ4n) is 2.76. The number of ether oxygens (including phenoxy) is 3. The summed E-state index contributed by atoms with van der Waals surface area (Å²) in [4.78, 5) is 16.8. The van der Waals surface area contributed by atoms with Crippen LogP contribution in [0.3, 0.4) is 0 Å². The molecular weight excluding hydrogens is 380 g/mol. The Bertz CT molecular complexity index is 987. The Labute approximate surface area is 176 Å². The van der Waals surface area contributed by atoms with Crippen LogP contribution in [-0.4, -0.2) is 31.2 Å². The maximum atomic E-state index is 12.4. The van der Waals surface area contributed by atoms with E-state index in [2.05, 4.69) is 10.3 Å². The molecule has 0 aliphatic heterocycles. The van der Waals surface area contributed by atoms with Crippen LogP contribution < -0.4 is 14.8 Å². The van der Waals surface area contributed by atoms with Crippen molar-refractivity contribution in [3.63, 3.8) is 0 Å². The van der Waals surface area contributed by atoms with Gasteiger partial charge in [-0.2, -0.15) is 0 Å². The second-order valence-corrected chi connectivity index (χ2v) is 6.93. The Morgan fingerprint density at radius 2 is 1.90 bits per heavy atom. The van der Waals surface area contributed by atoms with E-state index in [-0.39, 0.29) is 5.91 Å². The van der Waals surface area contributed by atoms with Gasteiger partial charge in [-0.3, -0.25) is 4.79 Å². The molecule has 0 aliphatic rings. The zero-order valence-electron chi connectivity index (χ0n) is 17.5. The van der Waals surface area contributed by atoms with E-state index in [1.54, 1.807) is 37.6 Å². The molecule has 1 amide bonds. The summed E-state index contributed by atoms with van der Waals surface area (Å²) in [6.45, 7) is 5.31. The topological polar surface area (TPSA) is 69.7 Å². The number of aromatic nitrogens is 1. The lowest BCUT2D eigenvalue weighted by Crippen LogP contribution is -2.22. The molecule has 1 N–H and O–H groups in total. The quantitative estimate of drug-likeness (QED) is 0.532. The van der Waals surface area contributed by atoms with E-state index in [9.17, 15) is 4.79 Å². The van der Waals surface area contributed by atoms with E-state index < -0.39 is 0 Å². The molecule has 30 heavy (non-hydrogen) atoms. The molecule has 3 rings (SSSR count). The molecule has 0 saturated carbocycles. The normalized spacial score (nSPS) is 10.5. The second-order valence-electron chi connectivity index (χ2n) is 6.93. The summed E-state index contributed by atoms with van der Waals surface area (Å²) in [5, 5.41) is 2.90. The van der Waals surface area contributed by atoms with E-state index in [0.29, 0.717) is 37.0 Å². The van der Waals surface area contributed by atoms with Crippen LogP contribution in [0.15, 0.2) is 60.8 Å². The summed E-state index contributed by atoms with van der Waals surface area (Å²) >= 11 is 0. The van der Waals surface area contributed by atoms with Crippen LogP contribution in [0.1, 0.15) is 27.0 Å². The summed E-state index contributed by atoms with van der Waals surface area (Å²) in [6.07, 6.45) is 1.70. The number of amides is 1. The van der Waals surface area contributed by atoms with Crippen LogP contribution in [0.4, 0.5) is 0 Å². The van der Waals surface area contributed by atoms with Gasteiger partial charge in [-0.1, -0.05) is 24.3 Å². The molecule has 0 saturated heterocycles. The molecule has 6 heteroatoms. The van der Waals surface area contributed by atoms with Crippen molar-refractivity contribution in [1.29, 1.82) is 0 Å². The average molecular weight is 406 g/mol.